The summed E-state index contributed by atoms with van der Waals surface area (Å²) in [5.74, 6) is 0.609. The fraction of sp³-hybridized carbons (Fsp3) is 0.400. The van der Waals surface area contributed by atoms with Crippen LogP contribution >= 0.6 is 0 Å². The molecule has 0 bridgehead atoms. The van der Waals surface area contributed by atoms with Gasteiger partial charge in [-0.3, -0.25) is 0 Å². The van der Waals surface area contributed by atoms with Gasteiger partial charge >= 0.3 is 0 Å². The standard InChI is InChI=1S/C20H27N/c1-4-17-5-7-18(8-6-17)13-14-21-15-19-9-11-20(12-10-19)16(2)3/h5-12,16,21H,4,13-15H2,1-3H3. The number of aryl methyl sites for hydroxylation is 1. The number of hydrogen-bond donors (Lipinski definition) is 1. The summed E-state index contributed by atoms with van der Waals surface area (Å²) in [6, 6.07) is 17.9. The van der Waals surface area contributed by atoms with Gasteiger partial charge in [0.25, 0.3) is 0 Å². The molecule has 2 rings (SSSR count). The highest BCUT2D eigenvalue weighted by Gasteiger charge is 1.99. The Morgan fingerprint density at radius 2 is 1.38 bits per heavy atom. The van der Waals surface area contributed by atoms with Crippen molar-refractivity contribution in [2.75, 3.05) is 6.54 Å². The molecule has 0 aliphatic carbocycles. The molecule has 112 valence electrons. The predicted octanol–water partition coefficient (Wildman–Crippen LogP) is 4.70. The second kappa shape index (κ2) is 7.99. The van der Waals surface area contributed by atoms with Crippen molar-refractivity contribution in [3.63, 3.8) is 0 Å². The summed E-state index contributed by atoms with van der Waals surface area (Å²) in [6.07, 6.45) is 2.21. The van der Waals surface area contributed by atoms with E-state index in [9.17, 15) is 0 Å². The summed E-state index contributed by atoms with van der Waals surface area (Å²) in [6.45, 7) is 8.64. The summed E-state index contributed by atoms with van der Waals surface area (Å²) in [5.41, 5.74) is 5.60. The van der Waals surface area contributed by atoms with Gasteiger partial charge in [-0.15, -0.1) is 0 Å². The van der Waals surface area contributed by atoms with Gasteiger partial charge in [0.2, 0.25) is 0 Å². The maximum absolute atomic E-state index is 3.53. The van der Waals surface area contributed by atoms with E-state index in [4.69, 9.17) is 0 Å². The quantitative estimate of drug-likeness (QED) is 0.725. The Hall–Kier alpha value is -1.60. The Bertz CT molecular complexity index is 523. The monoisotopic (exact) mass is 281 g/mol. The highest BCUT2D eigenvalue weighted by molar-refractivity contribution is 5.25. The van der Waals surface area contributed by atoms with Crippen molar-refractivity contribution in [3.05, 3.63) is 70.8 Å². The Morgan fingerprint density at radius 1 is 0.810 bits per heavy atom. The largest absolute Gasteiger partial charge is 0.312 e. The summed E-state index contributed by atoms with van der Waals surface area (Å²) in [5, 5.41) is 3.53. The summed E-state index contributed by atoms with van der Waals surface area (Å²) >= 11 is 0. The number of nitrogens with one attached hydrogen (secondary N) is 1. The minimum absolute atomic E-state index is 0.609. The first kappa shape index (κ1) is 15.8. The van der Waals surface area contributed by atoms with Crippen LogP contribution in [0.1, 0.15) is 48.9 Å². The maximum Gasteiger partial charge on any atom is 0.0205 e. The summed E-state index contributed by atoms with van der Waals surface area (Å²) in [7, 11) is 0. The van der Waals surface area contributed by atoms with Gasteiger partial charge in [0.1, 0.15) is 0 Å². The first-order valence-corrected chi connectivity index (χ1v) is 8.06. The van der Waals surface area contributed by atoms with E-state index in [1.807, 2.05) is 0 Å². The molecule has 0 saturated heterocycles. The lowest BCUT2D eigenvalue weighted by molar-refractivity contribution is 0.686. The highest BCUT2D eigenvalue weighted by atomic mass is 14.8. The Labute approximate surface area is 129 Å². The fourth-order valence-corrected chi connectivity index (χ4v) is 2.43. The molecule has 0 fully saturated rings. The zero-order chi connectivity index (χ0) is 15.1. The molecular formula is C20H27N. The highest BCUT2D eigenvalue weighted by Crippen LogP contribution is 2.14. The van der Waals surface area contributed by atoms with E-state index in [0.29, 0.717) is 5.92 Å². The Kier molecular flexibility index (Phi) is 6.01. The van der Waals surface area contributed by atoms with Crippen molar-refractivity contribution in [1.82, 2.24) is 5.32 Å². The molecule has 1 heteroatoms. The number of rotatable bonds is 7. The van der Waals surface area contributed by atoms with Gasteiger partial charge in [-0.25, -0.2) is 0 Å². The maximum atomic E-state index is 3.53. The molecule has 0 radical (unpaired) electrons. The minimum Gasteiger partial charge on any atom is -0.312 e. The molecule has 0 atom stereocenters. The average molecular weight is 281 g/mol. The van der Waals surface area contributed by atoms with Gasteiger partial charge in [-0.2, -0.15) is 0 Å². The molecule has 0 heterocycles. The van der Waals surface area contributed by atoms with Crippen molar-refractivity contribution in [2.45, 2.75) is 46.1 Å². The first-order valence-electron chi connectivity index (χ1n) is 8.06. The molecular weight excluding hydrogens is 254 g/mol. The number of hydrogen-bond acceptors (Lipinski definition) is 1. The van der Waals surface area contributed by atoms with Crippen molar-refractivity contribution >= 4 is 0 Å². The molecule has 0 aromatic heterocycles. The van der Waals surface area contributed by atoms with Crippen LogP contribution in [0.15, 0.2) is 48.5 Å². The van der Waals surface area contributed by atoms with Crippen LogP contribution in [0.3, 0.4) is 0 Å². The van der Waals surface area contributed by atoms with Gasteiger partial charge in [0, 0.05) is 6.54 Å². The molecule has 1 nitrogen and oxygen atoms in total. The van der Waals surface area contributed by atoms with Crippen LogP contribution in [-0.4, -0.2) is 6.54 Å². The van der Waals surface area contributed by atoms with Crippen LogP contribution in [0.5, 0.6) is 0 Å². The van der Waals surface area contributed by atoms with Crippen LogP contribution in [0.25, 0.3) is 0 Å². The average Bonchev–Trinajstić information content (AvgIpc) is 2.52. The van der Waals surface area contributed by atoms with Gasteiger partial charge in [0.05, 0.1) is 0 Å². The first-order chi connectivity index (χ1) is 10.2. The number of benzene rings is 2. The van der Waals surface area contributed by atoms with E-state index in [2.05, 4.69) is 74.6 Å². The SMILES string of the molecule is CCc1ccc(CCNCc2ccc(C(C)C)cc2)cc1. The minimum atomic E-state index is 0.609. The third kappa shape index (κ3) is 5.02. The van der Waals surface area contributed by atoms with E-state index in [-0.39, 0.29) is 0 Å². The molecule has 0 amide bonds. The van der Waals surface area contributed by atoms with Crippen molar-refractivity contribution in [1.29, 1.82) is 0 Å². The van der Waals surface area contributed by atoms with E-state index in [1.165, 1.54) is 22.3 Å². The van der Waals surface area contributed by atoms with Crippen molar-refractivity contribution in [3.8, 4) is 0 Å². The molecule has 21 heavy (non-hydrogen) atoms. The van der Waals surface area contributed by atoms with E-state index in [1.54, 1.807) is 0 Å². The lowest BCUT2D eigenvalue weighted by Gasteiger charge is -2.08. The van der Waals surface area contributed by atoms with Crippen LogP contribution < -0.4 is 5.32 Å². The topological polar surface area (TPSA) is 12.0 Å². The molecule has 1 N–H and O–H groups in total. The van der Waals surface area contributed by atoms with Crippen LogP contribution in [0.2, 0.25) is 0 Å². The Balaban J connectivity index is 1.73. The molecule has 2 aromatic rings. The lowest BCUT2D eigenvalue weighted by atomic mass is 10.0. The van der Waals surface area contributed by atoms with Crippen molar-refractivity contribution in [2.24, 2.45) is 0 Å². The van der Waals surface area contributed by atoms with Crippen molar-refractivity contribution < 1.29 is 0 Å². The second-order valence-corrected chi connectivity index (χ2v) is 5.99. The summed E-state index contributed by atoms with van der Waals surface area (Å²) < 4.78 is 0. The molecule has 0 aliphatic heterocycles. The lowest BCUT2D eigenvalue weighted by Crippen LogP contribution is -2.16. The fourth-order valence-electron chi connectivity index (χ4n) is 2.43. The molecule has 0 saturated carbocycles. The predicted molar refractivity (Wildman–Crippen MR) is 91.8 cm³/mol. The van der Waals surface area contributed by atoms with Gasteiger partial charge in [-0.1, -0.05) is 69.3 Å². The molecule has 0 aliphatic rings. The van der Waals surface area contributed by atoms with Gasteiger partial charge in [0.15, 0.2) is 0 Å². The third-order valence-electron chi connectivity index (χ3n) is 4.00. The Morgan fingerprint density at radius 3 is 1.95 bits per heavy atom. The normalized spacial score (nSPS) is 11.0. The van der Waals surface area contributed by atoms with E-state index < -0.39 is 0 Å². The molecule has 0 unspecified atom stereocenters. The van der Waals surface area contributed by atoms with Gasteiger partial charge < -0.3 is 5.32 Å². The summed E-state index contributed by atoms with van der Waals surface area (Å²) in [4.78, 5) is 0. The van der Waals surface area contributed by atoms with Gasteiger partial charge in [-0.05, 0) is 47.6 Å². The second-order valence-electron chi connectivity index (χ2n) is 5.99. The molecule has 0 spiro atoms. The van der Waals surface area contributed by atoms with E-state index >= 15 is 0 Å². The van der Waals surface area contributed by atoms with Crippen LogP contribution in [0, 0.1) is 0 Å². The molecule has 2 aromatic carbocycles. The van der Waals surface area contributed by atoms with Crippen LogP contribution in [0.4, 0.5) is 0 Å². The van der Waals surface area contributed by atoms with Crippen LogP contribution in [-0.2, 0) is 19.4 Å². The zero-order valence-electron chi connectivity index (χ0n) is 13.5. The smallest absolute Gasteiger partial charge is 0.0205 e. The van der Waals surface area contributed by atoms with E-state index in [0.717, 1.165) is 25.9 Å². The zero-order valence-corrected chi connectivity index (χ0v) is 13.5. The third-order valence-corrected chi connectivity index (χ3v) is 4.00.